The van der Waals surface area contributed by atoms with Crippen molar-refractivity contribution >= 4 is 28.7 Å². The highest BCUT2D eigenvalue weighted by atomic mass is 32.1. The van der Waals surface area contributed by atoms with Gasteiger partial charge in [0.25, 0.3) is 11.2 Å². The summed E-state index contributed by atoms with van der Waals surface area (Å²) in [7, 11) is 0. The average molecular weight is 389 g/mol. The lowest BCUT2D eigenvalue weighted by Crippen LogP contribution is -2.13. The first-order chi connectivity index (χ1) is 13.7. The van der Waals surface area contributed by atoms with Crippen molar-refractivity contribution in [1.29, 1.82) is 0 Å². The fourth-order valence-corrected chi connectivity index (χ4v) is 3.56. The average Bonchev–Trinajstić information content (AvgIpc) is 3.40. The normalized spacial score (nSPS) is 12.6. The van der Waals surface area contributed by atoms with Crippen molar-refractivity contribution in [2.75, 3.05) is 11.9 Å². The van der Waals surface area contributed by atoms with Gasteiger partial charge in [0.15, 0.2) is 0 Å². The lowest BCUT2D eigenvalue weighted by Gasteiger charge is -2.09. The number of nitrogens with zero attached hydrogens (tertiary/aromatic N) is 5. The number of hydrogen-bond acceptors (Lipinski definition) is 7. The van der Waals surface area contributed by atoms with Crippen LogP contribution >= 0.6 is 11.3 Å². The molecule has 0 aliphatic carbocycles. The molecule has 0 amide bonds. The maximum Gasteiger partial charge on any atom is 0.276 e. The fraction of sp³-hybridized carbons (Fsp3) is 0.158. The van der Waals surface area contributed by atoms with E-state index in [4.69, 9.17) is 6.57 Å². The van der Waals surface area contributed by atoms with Gasteiger partial charge in [0.05, 0.1) is 18.0 Å². The van der Waals surface area contributed by atoms with Crippen molar-refractivity contribution in [3.63, 3.8) is 0 Å². The first-order valence-corrected chi connectivity index (χ1v) is 9.40. The number of aromatic nitrogens is 2. The van der Waals surface area contributed by atoms with Gasteiger partial charge < -0.3 is 10.3 Å². The van der Waals surface area contributed by atoms with E-state index in [1.807, 2.05) is 35.7 Å². The third kappa shape index (κ3) is 3.87. The van der Waals surface area contributed by atoms with Crippen molar-refractivity contribution in [2.24, 2.45) is 15.4 Å². The fourth-order valence-electron chi connectivity index (χ4n) is 2.84. The van der Waals surface area contributed by atoms with Crippen LogP contribution in [0.3, 0.4) is 0 Å². The molecule has 2 N–H and O–H groups in total. The Morgan fingerprint density at radius 3 is 2.89 bits per heavy atom. The monoisotopic (exact) mass is 389 g/mol. The van der Waals surface area contributed by atoms with Crippen molar-refractivity contribution in [1.82, 2.24) is 9.97 Å². The van der Waals surface area contributed by atoms with Crippen LogP contribution in [0.5, 0.6) is 0 Å². The molecule has 3 aromatic rings. The molecule has 0 bridgehead atoms. The highest BCUT2D eigenvalue weighted by Gasteiger charge is 2.14. The van der Waals surface area contributed by atoms with Crippen molar-refractivity contribution in [2.45, 2.75) is 13.0 Å². The van der Waals surface area contributed by atoms with Gasteiger partial charge in [0.2, 0.25) is 5.95 Å². The van der Waals surface area contributed by atoms with Crippen LogP contribution < -0.4 is 10.9 Å². The second-order valence-electron chi connectivity index (χ2n) is 6.11. The SMILES string of the molecule is [C-]#[N+]c1c(-c2cccs2)nc(NCc2cccc(CC3=NN=NC3)c2)[nH]c1=O. The third-order valence-corrected chi connectivity index (χ3v) is 5.00. The molecule has 1 aliphatic rings. The molecule has 0 fully saturated rings. The molecule has 0 atom stereocenters. The molecule has 3 heterocycles. The quantitative estimate of drug-likeness (QED) is 0.623. The Morgan fingerprint density at radius 2 is 2.14 bits per heavy atom. The van der Waals surface area contributed by atoms with Gasteiger partial charge in [-0.25, -0.2) is 9.83 Å². The molecule has 0 saturated heterocycles. The Hall–Kier alpha value is -3.64. The van der Waals surface area contributed by atoms with E-state index in [0.717, 1.165) is 21.7 Å². The molecule has 28 heavy (non-hydrogen) atoms. The Morgan fingerprint density at radius 1 is 1.25 bits per heavy atom. The van der Waals surface area contributed by atoms with Crippen LogP contribution in [0.1, 0.15) is 11.1 Å². The Kier molecular flexibility index (Phi) is 5.03. The van der Waals surface area contributed by atoms with E-state index in [9.17, 15) is 4.79 Å². The number of hydrogen-bond donors (Lipinski definition) is 2. The second-order valence-corrected chi connectivity index (χ2v) is 7.05. The minimum atomic E-state index is -0.448. The second kappa shape index (κ2) is 7.94. The minimum Gasteiger partial charge on any atom is -0.352 e. The molecule has 8 nitrogen and oxygen atoms in total. The summed E-state index contributed by atoms with van der Waals surface area (Å²) in [5, 5.41) is 16.5. The zero-order chi connectivity index (χ0) is 19.3. The third-order valence-electron chi connectivity index (χ3n) is 4.12. The maximum absolute atomic E-state index is 12.3. The van der Waals surface area contributed by atoms with E-state index in [0.29, 0.717) is 31.2 Å². The topological polar surface area (TPSA) is 99.2 Å². The summed E-state index contributed by atoms with van der Waals surface area (Å²) in [4.78, 5) is 23.5. The summed E-state index contributed by atoms with van der Waals surface area (Å²) in [6, 6.07) is 11.8. The maximum atomic E-state index is 12.3. The van der Waals surface area contributed by atoms with Crippen molar-refractivity contribution in [3.8, 4) is 10.6 Å². The first kappa shape index (κ1) is 17.8. The van der Waals surface area contributed by atoms with Crippen LogP contribution in [0.4, 0.5) is 11.6 Å². The van der Waals surface area contributed by atoms with Gasteiger partial charge in [-0.05, 0) is 27.8 Å². The van der Waals surface area contributed by atoms with Crippen LogP contribution in [-0.4, -0.2) is 22.2 Å². The number of anilines is 1. The molecule has 0 spiro atoms. The van der Waals surface area contributed by atoms with E-state index in [-0.39, 0.29) is 5.69 Å². The predicted octanol–water partition coefficient (Wildman–Crippen LogP) is 4.03. The van der Waals surface area contributed by atoms with E-state index in [2.05, 4.69) is 41.6 Å². The summed E-state index contributed by atoms with van der Waals surface area (Å²) in [6.07, 6.45) is 0.706. The van der Waals surface area contributed by atoms with Crippen LogP contribution in [0.25, 0.3) is 15.4 Å². The number of aromatic amines is 1. The molecule has 1 aromatic carbocycles. The summed E-state index contributed by atoms with van der Waals surface area (Å²) >= 11 is 1.44. The Bertz CT molecular complexity index is 1160. The van der Waals surface area contributed by atoms with E-state index >= 15 is 0 Å². The molecule has 2 aromatic heterocycles. The molecule has 4 rings (SSSR count). The Labute approximate surface area is 164 Å². The van der Waals surface area contributed by atoms with Crippen molar-refractivity contribution < 1.29 is 0 Å². The van der Waals surface area contributed by atoms with Gasteiger partial charge in [0.1, 0.15) is 6.54 Å². The number of benzene rings is 1. The lowest BCUT2D eigenvalue weighted by molar-refractivity contribution is 1.04. The van der Waals surface area contributed by atoms with Crippen LogP contribution in [0.15, 0.2) is 62.0 Å². The minimum absolute atomic E-state index is 0.00293. The van der Waals surface area contributed by atoms with Gasteiger partial charge in [-0.2, -0.15) is 5.11 Å². The Balaban J connectivity index is 1.52. The zero-order valence-corrected chi connectivity index (χ0v) is 15.5. The van der Waals surface area contributed by atoms with Gasteiger partial charge in [0, 0.05) is 17.8 Å². The van der Waals surface area contributed by atoms with Gasteiger partial charge in [-0.1, -0.05) is 30.3 Å². The molecule has 138 valence electrons. The summed E-state index contributed by atoms with van der Waals surface area (Å²) in [5.41, 5.74) is 3.05. The van der Waals surface area contributed by atoms with Crippen LogP contribution in [0.2, 0.25) is 0 Å². The van der Waals surface area contributed by atoms with Gasteiger partial charge >= 0.3 is 0 Å². The molecular weight excluding hydrogens is 374 g/mol. The summed E-state index contributed by atoms with van der Waals surface area (Å²) in [5.74, 6) is 0.337. The molecule has 1 aliphatic heterocycles. The van der Waals surface area contributed by atoms with Gasteiger partial charge in [-0.15, -0.1) is 16.4 Å². The first-order valence-electron chi connectivity index (χ1n) is 8.52. The van der Waals surface area contributed by atoms with Gasteiger partial charge in [-0.3, -0.25) is 4.79 Å². The molecule has 0 unspecified atom stereocenters. The standard InChI is InChI=1S/C19H15N7OS/c1-20-17-16(15-6-3-7-28-15)23-19(24-18(17)27)21-10-13-5-2-4-12(8-13)9-14-11-22-26-25-14/h2-8H,9-11H2,(H2,21,23,24,27). The number of rotatable bonds is 6. The number of thiophene rings is 1. The zero-order valence-electron chi connectivity index (χ0n) is 14.7. The van der Waals surface area contributed by atoms with E-state index in [1.165, 1.54) is 11.3 Å². The smallest absolute Gasteiger partial charge is 0.276 e. The van der Waals surface area contributed by atoms with E-state index in [1.54, 1.807) is 0 Å². The molecular formula is C19H15N7OS. The van der Waals surface area contributed by atoms with E-state index < -0.39 is 5.56 Å². The molecule has 0 saturated carbocycles. The highest BCUT2D eigenvalue weighted by molar-refractivity contribution is 7.13. The number of H-pyrrole nitrogens is 1. The van der Waals surface area contributed by atoms with Crippen molar-refractivity contribution in [3.05, 3.63) is 74.7 Å². The van der Waals surface area contributed by atoms with Crippen LogP contribution in [0, 0.1) is 6.57 Å². The van der Waals surface area contributed by atoms with Crippen LogP contribution in [-0.2, 0) is 13.0 Å². The predicted molar refractivity (Wildman–Crippen MR) is 109 cm³/mol. The molecule has 0 radical (unpaired) electrons. The summed E-state index contributed by atoms with van der Waals surface area (Å²) in [6.45, 7) is 8.31. The lowest BCUT2D eigenvalue weighted by atomic mass is 10.1. The largest absolute Gasteiger partial charge is 0.352 e. The highest BCUT2D eigenvalue weighted by Crippen LogP contribution is 2.29. The molecule has 9 heteroatoms. The summed E-state index contributed by atoms with van der Waals surface area (Å²) < 4.78 is 0. The number of nitrogens with one attached hydrogen (secondary N) is 2.